The Morgan fingerprint density at radius 3 is 2.67 bits per heavy atom. The number of rotatable bonds is 0. The molecule has 0 spiro atoms. The van der Waals surface area contributed by atoms with E-state index in [-0.39, 0.29) is 22.8 Å². The first kappa shape index (κ1) is 10.3. The van der Waals surface area contributed by atoms with Gasteiger partial charge in [-0.2, -0.15) is 0 Å². The molecule has 0 bridgehead atoms. The van der Waals surface area contributed by atoms with E-state index in [1.165, 1.54) is 0 Å². The molecule has 0 amide bonds. The Hall–Kier alpha value is -1.25. The van der Waals surface area contributed by atoms with E-state index in [9.17, 15) is 13.6 Å². The average Bonchev–Trinajstić information content (AvgIpc) is 2.32. The highest BCUT2D eigenvalue weighted by atomic mass is 19.1. The van der Waals surface area contributed by atoms with Gasteiger partial charge >= 0.3 is 0 Å². The van der Waals surface area contributed by atoms with Crippen LogP contribution in [0.25, 0.3) is 0 Å². The van der Waals surface area contributed by atoms with Crippen LogP contribution in [-0.2, 0) is 6.42 Å². The molecule has 1 aliphatic carbocycles. The predicted molar refractivity (Wildman–Crippen MR) is 52.8 cm³/mol. The van der Waals surface area contributed by atoms with E-state index in [1.807, 2.05) is 6.92 Å². The first-order chi connectivity index (χ1) is 7.09. The maximum Gasteiger partial charge on any atom is 0.166 e. The zero-order valence-electron chi connectivity index (χ0n) is 8.52. The second-order valence-corrected chi connectivity index (χ2v) is 4.15. The van der Waals surface area contributed by atoms with Crippen molar-refractivity contribution in [1.29, 1.82) is 0 Å². The van der Waals surface area contributed by atoms with Gasteiger partial charge < -0.3 is 0 Å². The SMILES string of the molecule is CC1CCc2c(F)ccc(F)c2C(=O)C1. The summed E-state index contributed by atoms with van der Waals surface area (Å²) in [6.07, 6.45) is 1.50. The monoisotopic (exact) mass is 210 g/mol. The second-order valence-electron chi connectivity index (χ2n) is 4.15. The fourth-order valence-electron chi connectivity index (χ4n) is 2.05. The van der Waals surface area contributed by atoms with Crippen LogP contribution in [0.3, 0.4) is 0 Å². The molecule has 0 saturated carbocycles. The van der Waals surface area contributed by atoms with E-state index in [4.69, 9.17) is 0 Å². The predicted octanol–water partition coefficient (Wildman–Crippen LogP) is 3.12. The second kappa shape index (κ2) is 3.72. The molecule has 0 heterocycles. The smallest absolute Gasteiger partial charge is 0.166 e. The van der Waals surface area contributed by atoms with Crippen LogP contribution >= 0.6 is 0 Å². The lowest BCUT2D eigenvalue weighted by atomic mass is 10.0. The Bertz CT molecular complexity index is 412. The maximum atomic E-state index is 13.4. The maximum absolute atomic E-state index is 13.4. The number of hydrogen-bond donors (Lipinski definition) is 0. The van der Waals surface area contributed by atoms with Gasteiger partial charge in [0.05, 0.1) is 5.56 Å². The summed E-state index contributed by atoms with van der Waals surface area (Å²) in [6, 6.07) is 2.12. The van der Waals surface area contributed by atoms with Gasteiger partial charge in [0.15, 0.2) is 5.78 Å². The molecule has 3 heteroatoms. The van der Waals surface area contributed by atoms with Crippen LogP contribution in [0.4, 0.5) is 8.78 Å². The standard InChI is InChI=1S/C12H12F2O/c1-7-2-3-8-9(13)4-5-10(14)12(8)11(15)6-7/h4-5,7H,2-3,6H2,1H3. The highest BCUT2D eigenvalue weighted by molar-refractivity contribution is 5.98. The van der Waals surface area contributed by atoms with Crippen molar-refractivity contribution in [1.82, 2.24) is 0 Å². The zero-order valence-corrected chi connectivity index (χ0v) is 8.52. The molecular formula is C12H12F2O. The minimum absolute atomic E-state index is 0.0284. The van der Waals surface area contributed by atoms with Gasteiger partial charge in [-0.05, 0) is 30.9 Å². The Morgan fingerprint density at radius 2 is 1.93 bits per heavy atom. The van der Waals surface area contributed by atoms with Crippen LogP contribution in [0.15, 0.2) is 12.1 Å². The zero-order chi connectivity index (χ0) is 11.0. The molecule has 15 heavy (non-hydrogen) atoms. The van der Waals surface area contributed by atoms with Crippen molar-refractivity contribution in [3.05, 3.63) is 34.9 Å². The van der Waals surface area contributed by atoms with Crippen molar-refractivity contribution < 1.29 is 13.6 Å². The Balaban J connectivity index is 2.57. The third kappa shape index (κ3) is 1.78. The summed E-state index contributed by atoms with van der Waals surface area (Å²) in [6.45, 7) is 1.93. The van der Waals surface area contributed by atoms with Crippen molar-refractivity contribution in [2.45, 2.75) is 26.2 Å². The summed E-state index contributed by atoms with van der Waals surface area (Å²) in [5.74, 6) is -1.13. The molecule has 0 aliphatic heterocycles. The van der Waals surface area contributed by atoms with E-state index >= 15 is 0 Å². The minimum Gasteiger partial charge on any atom is -0.294 e. The third-order valence-electron chi connectivity index (χ3n) is 2.90. The quantitative estimate of drug-likeness (QED) is 0.601. The van der Waals surface area contributed by atoms with Gasteiger partial charge in [0, 0.05) is 12.0 Å². The number of carbonyl (C=O) groups excluding carboxylic acids is 1. The van der Waals surface area contributed by atoms with Crippen molar-refractivity contribution in [3.63, 3.8) is 0 Å². The van der Waals surface area contributed by atoms with Crippen molar-refractivity contribution in [3.8, 4) is 0 Å². The number of carbonyl (C=O) groups is 1. The number of ketones is 1. The van der Waals surface area contributed by atoms with Crippen LogP contribution in [0.2, 0.25) is 0 Å². The van der Waals surface area contributed by atoms with Gasteiger partial charge in [-0.15, -0.1) is 0 Å². The average molecular weight is 210 g/mol. The number of hydrogen-bond acceptors (Lipinski definition) is 1. The van der Waals surface area contributed by atoms with Gasteiger partial charge in [-0.1, -0.05) is 6.92 Å². The molecule has 1 unspecified atom stereocenters. The molecule has 1 nitrogen and oxygen atoms in total. The Morgan fingerprint density at radius 1 is 1.27 bits per heavy atom. The van der Waals surface area contributed by atoms with Crippen LogP contribution < -0.4 is 0 Å². The summed E-state index contributed by atoms with van der Waals surface area (Å²) in [4.78, 5) is 11.7. The molecule has 0 N–H and O–H groups in total. The van der Waals surface area contributed by atoms with Gasteiger partial charge in [0.1, 0.15) is 11.6 Å². The van der Waals surface area contributed by atoms with Gasteiger partial charge in [0.2, 0.25) is 0 Å². The molecular weight excluding hydrogens is 198 g/mol. The largest absolute Gasteiger partial charge is 0.294 e. The van der Waals surface area contributed by atoms with E-state index < -0.39 is 11.6 Å². The molecule has 1 atom stereocenters. The van der Waals surface area contributed by atoms with Gasteiger partial charge in [-0.25, -0.2) is 8.78 Å². The number of fused-ring (bicyclic) bond motifs is 1. The van der Waals surface area contributed by atoms with Crippen LogP contribution in [-0.4, -0.2) is 5.78 Å². The first-order valence-electron chi connectivity index (χ1n) is 5.09. The fraction of sp³-hybridized carbons (Fsp3) is 0.417. The van der Waals surface area contributed by atoms with Crippen molar-refractivity contribution in [2.75, 3.05) is 0 Å². The van der Waals surface area contributed by atoms with Crippen LogP contribution in [0.1, 0.15) is 35.7 Å². The molecule has 1 aromatic carbocycles. The highest BCUT2D eigenvalue weighted by Gasteiger charge is 2.25. The normalized spacial score (nSPS) is 21.0. The summed E-state index contributed by atoms with van der Waals surface area (Å²) < 4.78 is 26.8. The van der Waals surface area contributed by atoms with Crippen LogP contribution in [0, 0.1) is 17.6 Å². The number of Topliss-reactive ketones (excluding diaryl/α,β-unsaturated/α-hetero) is 1. The molecule has 1 aromatic rings. The summed E-state index contributed by atoms with van der Waals surface area (Å²) >= 11 is 0. The molecule has 0 fully saturated rings. The van der Waals surface area contributed by atoms with Crippen molar-refractivity contribution >= 4 is 5.78 Å². The van der Waals surface area contributed by atoms with E-state index in [2.05, 4.69) is 0 Å². The lowest BCUT2D eigenvalue weighted by Crippen LogP contribution is -2.07. The summed E-state index contributed by atoms with van der Waals surface area (Å²) in [5, 5.41) is 0. The summed E-state index contributed by atoms with van der Waals surface area (Å²) in [5.41, 5.74) is 0.226. The van der Waals surface area contributed by atoms with E-state index in [1.54, 1.807) is 0 Å². The van der Waals surface area contributed by atoms with E-state index in [0.717, 1.165) is 18.6 Å². The van der Waals surface area contributed by atoms with Gasteiger partial charge in [0.25, 0.3) is 0 Å². The van der Waals surface area contributed by atoms with Crippen LogP contribution in [0.5, 0.6) is 0 Å². The molecule has 1 aliphatic rings. The Kier molecular flexibility index (Phi) is 2.55. The number of halogens is 2. The fourth-order valence-corrected chi connectivity index (χ4v) is 2.05. The molecule has 2 rings (SSSR count). The van der Waals surface area contributed by atoms with Crippen molar-refractivity contribution in [2.24, 2.45) is 5.92 Å². The molecule has 80 valence electrons. The first-order valence-corrected chi connectivity index (χ1v) is 5.09. The topological polar surface area (TPSA) is 17.1 Å². The Labute approximate surface area is 87.1 Å². The molecule has 0 aromatic heterocycles. The lowest BCUT2D eigenvalue weighted by Gasteiger charge is -2.06. The summed E-state index contributed by atoms with van der Waals surface area (Å²) in [7, 11) is 0. The lowest BCUT2D eigenvalue weighted by molar-refractivity contribution is 0.0963. The molecule has 0 saturated heterocycles. The minimum atomic E-state index is -0.592. The highest BCUT2D eigenvalue weighted by Crippen LogP contribution is 2.27. The van der Waals surface area contributed by atoms with E-state index in [0.29, 0.717) is 12.8 Å². The third-order valence-corrected chi connectivity index (χ3v) is 2.90. The van der Waals surface area contributed by atoms with Gasteiger partial charge in [-0.3, -0.25) is 4.79 Å². The molecule has 0 radical (unpaired) electrons. The number of benzene rings is 1.